The summed E-state index contributed by atoms with van der Waals surface area (Å²) in [4.78, 5) is 0. The van der Waals surface area contributed by atoms with Gasteiger partial charge in [0.1, 0.15) is 0 Å². The number of nitrogens with one attached hydrogen (secondary N) is 1. The van der Waals surface area contributed by atoms with Gasteiger partial charge in [0.2, 0.25) is 0 Å². The zero-order chi connectivity index (χ0) is 12.7. The number of benzene rings is 1. The molecule has 1 N–H and O–H groups in total. The Morgan fingerprint density at radius 1 is 0.947 bits per heavy atom. The topological polar surface area (TPSA) is 17.0 Å². The lowest BCUT2D eigenvalue weighted by atomic mass is 9.79. The van der Waals surface area contributed by atoms with Crippen LogP contribution in [0.1, 0.15) is 43.4 Å². The number of hydrogen-bond donors (Lipinski definition) is 1. The molecule has 2 heteroatoms. The zero-order valence-corrected chi connectivity index (χ0v) is 11.2. The van der Waals surface area contributed by atoms with E-state index in [1.807, 2.05) is 0 Å². The molecule has 0 saturated heterocycles. The fraction of sp³-hybridized carbons (Fsp3) is 0.412. The van der Waals surface area contributed by atoms with Gasteiger partial charge in [0.05, 0.1) is 5.54 Å². The number of rotatable bonds is 0. The molecule has 1 spiro atoms. The summed E-state index contributed by atoms with van der Waals surface area (Å²) in [5, 5.41) is 3.87. The first-order chi connectivity index (χ1) is 9.39. The second-order valence-corrected chi connectivity index (χ2v) is 5.89. The van der Waals surface area contributed by atoms with Crippen LogP contribution in [0.2, 0.25) is 0 Å². The van der Waals surface area contributed by atoms with E-state index >= 15 is 0 Å². The van der Waals surface area contributed by atoms with E-state index in [9.17, 15) is 0 Å². The van der Waals surface area contributed by atoms with E-state index in [2.05, 4.69) is 52.5 Å². The molecule has 1 aliphatic carbocycles. The average molecular weight is 252 g/mol. The summed E-state index contributed by atoms with van der Waals surface area (Å²) in [5.41, 5.74) is 4.40. The number of para-hydroxylation sites is 1. The van der Waals surface area contributed by atoms with E-state index in [1.54, 1.807) is 0 Å². The van der Waals surface area contributed by atoms with Crippen LogP contribution in [0.5, 0.6) is 0 Å². The van der Waals surface area contributed by atoms with Crippen molar-refractivity contribution in [2.75, 3.05) is 0 Å². The minimum absolute atomic E-state index is 0.195. The Labute approximate surface area is 114 Å². The normalized spacial score (nSPS) is 20.6. The van der Waals surface area contributed by atoms with Crippen LogP contribution < -0.4 is 5.32 Å². The lowest BCUT2D eigenvalue weighted by Crippen LogP contribution is -2.43. The molecule has 4 rings (SSSR count). The van der Waals surface area contributed by atoms with Crippen LogP contribution in [0.3, 0.4) is 0 Å². The summed E-state index contributed by atoms with van der Waals surface area (Å²) < 4.78 is 2.40. The van der Waals surface area contributed by atoms with Crippen LogP contribution in [0, 0.1) is 0 Å². The van der Waals surface area contributed by atoms with Crippen molar-refractivity contribution in [3.63, 3.8) is 0 Å². The van der Waals surface area contributed by atoms with Gasteiger partial charge in [0.25, 0.3) is 0 Å². The Morgan fingerprint density at radius 3 is 2.68 bits per heavy atom. The first-order valence-corrected chi connectivity index (χ1v) is 7.40. The molecule has 0 amide bonds. The van der Waals surface area contributed by atoms with E-state index < -0.39 is 0 Å². The number of nitrogens with zero attached hydrogens (tertiary/aromatic N) is 1. The molecule has 1 aromatic heterocycles. The molecule has 2 aliphatic rings. The molecular formula is C17H20N2. The first kappa shape index (κ1) is 11.3. The Morgan fingerprint density at radius 2 is 1.79 bits per heavy atom. The maximum Gasteiger partial charge on any atom is 0.0594 e. The summed E-state index contributed by atoms with van der Waals surface area (Å²) in [7, 11) is 0. The highest BCUT2D eigenvalue weighted by Gasteiger charge is 2.37. The predicted molar refractivity (Wildman–Crippen MR) is 77.4 cm³/mol. The van der Waals surface area contributed by atoms with Gasteiger partial charge in [-0.1, -0.05) is 37.5 Å². The minimum Gasteiger partial charge on any atom is -0.319 e. The van der Waals surface area contributed by atoms with E-state index in [4.69, 9.17) is 0 Å². The second kappa shape index (κ2) is 4.24. The highest BCUT2D eigenvalue weighted by Crippen LogP contribution is 2.40. The molecule has 0 bridgehead atoms. The van der Waals surface area contributed by atoms with Gasteiger partial charge in [-0.3, -0.25) is 0 Å². The van der Waals surface area contributed by atoms with Gasteiger partial charge in [-0.05, 0) is 36.6 Å². The quantitative estimate of drug-likeness (QED) is 0.755. The monoisotopic (exact) mass is 252 g/mol. The number of aromatic nitrogens is 1. The Kier molecular flexibility index (Phi) is 2.52. The Hall–Kier alpha value is -1.54. The lowest BCUT2D eigenvalue weighted by Gasteiger charge is -2.37. The molecule has 2 aromatic rings. The largest absolute Gasteiger partial charge is 0.319 e. The Balaban J connectivity index is 1.90. The van der Waals surface area contributed by atoms with Crippen molar-refractivity contribution in [3.05, 3.63) is 53.9 Å². The molecule has 19 heavy (non-hydrogen) atoms. The molecule has 1 aliphatic heterocycles. The van der Waals surface area contributed by atoms with E-state index in [1.165, 1.54) is 49.0 Å². The average Bonchev–Trinajstić information content (AvgIpc) is 2.92. The standard InChI is InChI=1S/C17H20N2/c1-4-10-17(11-5-1)16-9-6-12-19(16)15-8-3-2-7-14(15)13-18-17/h2-3,6-9,12,18H,1,4-5,10-11,13H2. The van der Waals surface area contributed by atoms with Gasteiger partial charge in [-0.25, -0.2) is 0 Å². The van der Waals surface area contributed by atoms with Gasteiger partial charge in [0, 0.05) is 24.1 Å². The van der Waals surface area contributed by atoms with Crippen molar-refractivity contribution in [3.8, 4) is 5.69 Å². The third kappa shape index (κ3) is 1.67. The number of fused-ring (bicyclic) bond motifs is 4. The van der Waals surface area contributed by atoms with Crippen molar-refractivity contribution in [1.82, 2.24) is 9.88 Å². The van der Waals surface area contributed by atoms with Crippen molar-refractivity contribution in [1.29, 1.82) is 0 Å². The minimum atomic E-state index is 0.195. The molecule has 98 valence electrons. The maximum absolute atomic E-state index is 3.87. The molecule has 2 nitrogen and oxygen atoms in total. The van der Waals surface area contributed by atoms with Crippen LogP contribution >= 0.6 is 0 Å². The molecule has 1 saturated carbocycles. The summed E-state index contributed by atoms with van der Waals surface area (Å²) in [6.45, 7) is 0.984. The molecule has 0 atom stereocenters. The summed E-state index contributed by atoms with van der Waals surface area (Å²) in [6.07, 6.45) is 8.83. The van der Waals surface area contributed by atoms with Crippen molar-refractivity contribution < 1.29 is 0 Å². The molecule has 0 unspecified atom stereocenters. The molecule has 1 aromatic carbocycles. The second-order valence-electron chi connectivity index (χ2n) is 5.89. The number of hydrogen-bond acceptors (Lipinski definition) is 1. The molecule has 0 radical (unpaired) electrons. The van der Waals surface area contributed by atoms with Crippen LogP contribution in [-0.4, -0.2) is 4.57 Å². The highest BCUT2D eigenvalue weighted by molar-refractivity contribution is 5.46. The zero-order valence-electron chi connectivity index (χ0n) is 11.2. The van der Waals surface area contributed by atoms with Crippen molar-refractivity contribution in [2.24, 2.45) is 0 Å². The smallest absolute Gasteiger partial charge is 0.0594 e. The SMILES string of the molecule is c1ccc2c(c1)CNC1(CCCCC1)c1cccn1-2. The fourth-order valence-electron chi connectivity index (χ4n) is 3.82. The Bertz CT molecular complexity index is 591. The predicted octanol–water partition coefficient (Wildman–Crippen LogP) is 3.74. The highest BCUT2D eigenvalue weighted by atomic mass is 15.1. The summed E-state index contributed by atoms with van der Waals surface area (Å²) >= 11 is 0. The van der Waals surface area contributed by atoms with Gasteiger partial charge in [0.15, 0.2) is 0 Å². The third-order valence-electron chi connectivity index (χ3n) is 4.81. The lowest BCUT2D eigenvalue weighted by molar-refractivity contribution is 0.226. The van der Waals surface area contributed by atoms with Crippen LogP contribution in [0.25, 0.3) is 5.69 Å². The van der Waals surface area contributed by atoms with Gasteiger partial charge in [-0.2, -0.15) is 0 Å². The summed E-state index contributed by atoms with van der Waals surface area (Å²) in [5.74, 6) is 0. The van der Waals surface area contributed by atoms with Crippen LogP contribution in [0.15, 0.2) is 42.6 Å². The van der Waals surface area contributed by atoms with Crippen molar-refractivity contribution in [2.45, 2.75) is 44.2 Å². The molecule has 2 heterocycles. The third-order valence-corrected chi connectivity index (χ3v) is 4.81. The first-order valence-electron chi connectivity index (χ1n) is 7.40. The molecular weight excluding hydrogens is 232 g/mol. The van der Waals surface area contributed by atoms with E-state index in [0.717, 1.165) is 6.54 Å². The van der Waals surface area contributed by atoms with E-state index in [-0.39, 0.29) is 5.54 Å². The summed E-state index contributed by atoms with van der Waals surface area (Å²) in [6, 6.07) is 13.3. The fourth-order valence-corrected chi connectivity index (χ4v) is 3.82. The van der Waals surface area contributed by atoms with Gasteiger partial charge in [-0.15, -0.1) is 0 Å². The van der Waals surface area contributed by atoms with Crippen LogP contribution in [-0.2, 0) is 12.1 Å². The maximum atomic E-state index is 3.87. The van der Waals surface area contributed by atoms with Crippen LogP contribution in [0.4, 0.5) is 0 Å². The van der Waals surface area contributed by atoms with Crippen molar-refractivity contribution >= 4 is 0 Å². The van der Waals surface area contributed by atoms with Gasteiger partial charge >= 0.3 is 0 Å². The van der Waals surface area contributed by atoms with E-state index in [0.29, 0.717) is 0 Å². The van der Waals surface area contributed by atoms with Gasteiger partial charge < -0.3 is 9.88 Å². The molecule has 1 fully saturated rings.